The van der Waals surface area contributed by atoms with Crippen molar-refractivity contribution in [2.75, 3.05) is 20.1 Å². The quantitative estimate of drug-likeness (QED) is 0.636. The van der Waals surface area contributed by atoms with Crippen molar-refractivity contribution in [3.63, 3.8) is 0 Å². The van der Waals surface area contributed by atoms with Gasteiger partial charge in [-0.2, -0.15) is 0 Å². The third-order valence-corrected chi connectivity index (χ3v) is 2.56. The van der Waals surface area contributed by atoms with E-state index in [0.29, 0.717) is 0 Å². The van der Waals surface area contributed by atoms with E-state index in [0.717, 1.165) is 18.5 Å². The fourth-order valence-corrected chi connectivity index (χ4v) is 1.83. The van der Waals surface area contributed by atoms with Crippen LogP contribution in [-0.4, -0.2) is 26.2 Å². The second kappa shape index (κ2) is 4.73. The van der Waals surface area contributed by atoms with Crippen molar-refractivity contribution in [2.24, 2.45) is 5.92 Å². The molecule has 2 nitrogen and oxygen atoms in total. The molecule has 0 aromatic heterocycles. The summed E-state index contributed by atoms with van der Waals surface area (Å²) in [5, 5.41) is 6.79. The summed E-state index contributed by atoms with van der Waals surface area (Å²) in [7, 11) is 2.03. The molecule has 2 atom stereocenters. The molecule has 1 aliphatic heterocycles. The molecule has 0 aromatic carbocycles. The highest BCUT2D eigenvalue weighted by Gasteiger charge is 2.17. The Kier molecular flexibility index (Phi) is 3.87. The number of piperidine rings is 1. The van der Waals surface area contributed by atoms with Gasteiger partial charge >= 0.3 is 0 Å². The lowest BCUT2D eigenvalue weighted by Crippen LogP contribution is -2.42. The number of hydrogen-bond donors (Lipinski definition) is 2. The van der Waals surface area contributed by atoms with E-state index in [-0.39, 0.29) is 0 Å². The summed E-state index contributed by atoms with van der Waals surface area (Å²) < 4.78 is 0. The van der Waals surface area contributed by atoms with Crippen LogP contribution in [0.3, 0.4) is 0 Å². The minimum Gasteiger partial charge on any atom is -0.319 e. The van der Waals surface area contributed by atoms with Crippen molar-refractivity contribution in [1.82, 2.24) is 10.6 Å². The highest BCUT2D eigenvalue weighted by molar-refractivity contribution is 4.77. The van der Waals surface area contributed by atoms with Crippen molar-refractivity contribution < 1.29 is 0 Å². The zero-order valence-corrected chi connectivity index (χ0v) is 7.69. The van der Waals surface area contributed by atoms with Gasteiger partial charge in [-0.3, -0.25) is 0 Å². The summed E-state index contributed by atoms with van der Waals surface area (Å²) in [4.78, 5) is 0. The van der Waals surface area contributed by atoms with Crippen molar-refractivity contribution in [3.8, 4) is 0 Å². The molecule has 0 radical (unpaired) electrons. The molecule has 1 aliphatic rings. The third-order valence-electron chi connectivity index (χ3n) is 2.56. The van der Waals surface area contributed by atoms with Gasteiger partial charge < -0.3 is 10.6 Å². The smallest absolute Gasteiger partial charge is 0.0105 e. The molecule has 0 saturated carbocycles. The van der Waals surface area contributed by atoms with E-state index in [1.807, 2.05) is 7.05 Å². The van der Waals surface area contributed by atoms with Crippen molar-refractivity contribution in [3.05, 3.63) is 0 Å². The SMILES string of the molecule is CNCC(C)C1CCCCN1. The van der Waals surface area contributed by atoms with Gasteiger partial charge in [0.05, 0.1) is 0 Å². The Balaban J connectivity index is 2.21. The summed E-state index contributed by atoms with van der Waals surface area (Å²) in [6, 6.07) is 0.760. The molecule has 0 aromatic rings. The van der Waals surface area contributed by atoms with Gasteiger partial charge in [0.1, 0.15) is 0 Å². The topological polar surface area (TPSA) is 24.1 Å². The standard InChI is InChI=1S/C9H20N2/c1-8(7-10-2)9-5-3-4-6-11-9/h8-11H,3-7H2,1-2H3. The number of hydrogen-bond acceptors (Lipinski definition) is 2. The summed E-state index contributed by atoms with van der Waals surface area (Å²) in [5.41, 5.74) is 0. The Labute approximate surface area is 69.8 Å². The fraction of sp³-hybridized carbons (Fsp3) is 1.00. The van der Waals surface area contributed by atoms with E-state index < -0.39 is 0 Å². The van der Waals surface area contributed by atoms with Crippen molar-refractivity contribution in [2.45, 2.75) is 32.2 Å². The molecule has 0 amide bonds. The van der Waals surface area contributed by atoms with Gasteiger partial charge in [-0.25, -0.2) is 0 Å². The monoisotopic (exact) mass is 156 g/mol. The molecular weight excluding hydrogens is 136 g/mol. The van der Waals surface area contributed by atoms with E-state index in [9.17, 15) is 0 Å². The zero-order valence-electron chi connectivity index (χ0n) is 7.69. The van der Waals surface area contributed by atoms with Gasteiger partial charge in [0, 0.05) is 6.04 Å². The molecule has 11 heavy (non-hydrogen) atoms. The Bertz CT molecular complexity index is 97.7. The summed E-state index contributed by atoms with van der Waals surface area (Å²) >= 11 is 0. The predicted molar refractivity (Wildman–Crippen MR) is 48.7 cm³/mol. The molecule has 1 saturated heterocycles. The van der Waals surface area contributed by atoms with Crippen LogP contribution in [0.15, 0.2) is 0 Å². The minimum absolute atomic E-state index is 0.760. The molecule has 1 fully saturated rings. The Morgan fingerprint density at radius 2 is 2.36 bits per heavy atom. The van der Waals surface area contributed by atoms with Crippen LogP contribution < -0.4 is 10.6 Å². The lowest BCUT2D eigenvalue weighted by molar-refractivity contribution is 0.306. The molecule has 2 N–H and O–H groups in total. The normalized spacial score (nSPS) is 28.4. The van der Waals surface area contributed by atoms with Gasteiger partial charge in [0.2, 0.25) is 0 Å². The van der Waals surface area contributed by atoms with Crippen LogP contribution in [0.1, 0.15) is 26.2 Å². The van der Waals surface area contributed by atoms with E-state index in [2.05, 4.69) is 17.6 Å². The molecule has 1 rings (SSSR count). The molecule has 66 valence electrons. The highest BCUT2D eigenvalue weighted by atomic mass is 14.9. The Morgan fingerprint density at radius 1 is 1.55 bits per heavy atom. The van der Waals surface area contributed by atoms with Crippen LogP contribution in [0.5, 0.6) is 0 Å². The largest absolute Gasteiger partial charge is 0.319 e. The first kappa shape index (κ1) is 9.01. The second-order valence-corrected chi connectivity index (χ2v) is 3.59. The average molecular weight is 156 g/mol. The lowest BCUT2D eigenvalue weighted by Gasteiger charge is -2.28. The Hall–Kier alpha value is -0.0800. The molecule has 0 spiro atoms. The van der Waals surface area contributed by atoms with Gasteiger partial charge in [-0.15, -0.1) is 0 Å². The van der Waals surface area contributed by atoms with E-state index in [4.69, 9.17) is 0 Å². The van der Waals surface area contributed by atoms with Crippen LogP contribution >= 0.6 is 0 Å². The highest BCUT2D eigenvalue weighted by Crippen LogP contribution is 2.13. The Morgan fingerprint density at radius 3 is 2.91 bits per heavy atom. The van der Waals surface area contributed by atoms with Crippen LogP contribution in [0.25, 0.3) is 0 Å². The summed E-state index contributed by atoms with van der Waals surface area (Å²) in [6.07, 6.45) is 4.14. The molecule has 1 heterocycles. The number of nitrogens with one attached hydrogen (secondary N) is 2. The first-order chi connectivity index (χ1) is 5.34. The van der Waals surface area contributed by atoms with Crippen molar-refractivity contribution in [1.29, 1.82) is 0 Å². The number of rotatable bonds is 3. The van der Waals surface area contributed by atoms with Crippen LogP contribution in [0.2, 0.25) is 0 Å². The molecule has 0 aliphatic carbocycles. The maximum atomic E-state index is 3.56. The fourth-order valence-electron chi connectivity index (χ4n) is 1.83. The minimum atomic E-state index is 0.760. The van der Waals surface area contributed by atoms with Gasteiger partial charge in [-0.05, 0) is 38.9 Å². The van der Waals surface area contributed by atoms with Crippen molar-refractivity contribution >= 4 is 0 Å². The van der Waals surface area contributed by atoms with E-state index >= 15 is 0 Å². The maximum absolute atomic E-state index is 3.56. The lowest BCUT2D eigenvalue weighted by atomic mass is 9.94. The average Bonchev–Trinajstić information content (AvgIpc) is 2.07. The zero-order chi connectivity index (χ0) is 8.10. The molecule has 2 heteroatoms. The van der Waals surface area contributed by atoms with Gasteiger partial charge in [-0.1, -0.05) is 13.3 Å². The van der Waals surface area contributed by atoms with Crippen LogP contribution in [0.4, 0.5) is 0 Å². The predicted octanol–water partition coefficient (Wildman–Crippen LogP) is 0.984. The van der Waals surface area contributed by atoms with Gasteiger partial charge in [0.25, 0.3) is 0 Å². The first-order valence-corrected chi connectivity index (χ1v) is 4.72. The maximum Gasteiger partial charge on any atom is 0.0105 e. The summed E-state index contributed by atoms with van der Waals surface area (Å²) in [5.74, 6) is 0.778. The molecule has 0 bridgehead atoms. The third kappa shape index (κ3) is 2.80. The first-order valence-electron chi connectivity index (χ1n) is 4.72. The summed E-state index contributed by atoms with van der Waals surface area (Å²) in [6.45, 7) is 4.68. The van der Waals surface area contributed by atoms with Crippen LogP contribution in [-0.2, 0) is 0 Å². The van der Waals surface area contributed by atoms with Gasteiger partial charge in [0.15, 0.2) is 0 Å². The second-order valence-electron chi connectivity index (χ2n) is 3.59. The molecular formula is C9H20N2. The molecule has 2 unspecified atom stereocenters. The van der Waals surface area contributed by atoms with Crippen LogP contribution in [0, 0.1) is 5.92 Å². The van der Waals surface area contributed by atoms with E-state index in [1.54, 1.807) is 0 Å². The van der Waals surface area contributed by atoms with E-state index in [1.165, 1.54) is 25.8 Å².